The number of benzene rings is 1. The first-order valence-electron chi connectivity index (χ1n) is 6.94. The van der Waals surface area contributed by atoms with Gasteiger partial charge in [0.1, 0.15) is 10.9 Å². The molecule has 1 aliphatic heterocycles. The number of thiocarbonyl (C=S) groups is 1. The molecule has 0 atom stereocenters. The number of aliphatic carboxylic acids is 1. The predicted octanol–water partition coefficient (Wildman–Crippen LogP) is 2.59. The van der Waals surface area contributed by atoms with Gasteiger partial charge in [0, 0.05) is 0 Å². The molecule has 0 radical (unpaired) electrons. The Balaban J connectivity index is 2.40. The second-order valence-corrected chi connectivity index (χ2v) is 6.47. The van der Waals surface area contributed by atoms with Crippen LogP contribution in [0.1, 0.15) is 5.56 Å². The summed E-state index contributed by atoms with van der Waals surface area (Å²) in [4.78, 5) is 24.2. The van der Waals surface area contributed by atoms with Crippen LogP contribution in [-0.2, 0) is 9.59 Å². The molecular formula is C15H13F2NO6S2. The van der Waals surface area contributed by atoms with Crippen molar-refractivity contribution in [1.29, 1.82) is 0 Å². The van der Waals surface area contributed by atoms with Crippen molar-refractivity contribution in [3.05, 3.63) is 22.6 Å². The van der Waals surface area contributed by atoms with Gasteiger partial charge < -0.3 is 19.3 Å². The molecule has 0 saturated carbocycles. The summed E-state index contributed by atoms with van der Waals surface area (Å²) in [6.45, 7) is -3.62. The normalized spacial score (nSPS) is 15.7. The minimum atomic E-state index is -3.07. The van der Waals surface area contributed by atoms with E-state index in [2.05, 4.69) is 4.74 Å². The van der Waals surface area contributed by atoms with Crippen LogP contribution in [0.25, 0.3) is 6.08 Å². The molecular weight excluding hydrogens is 392 g/mol. The highest BCUT2D eigenvalue weighted by Crippen LogP contribution is 2.41. The Hall–Kier alpha value is -2.40. The highest BCUT2D eigenvalue weighted by molar-refractivity contribution is 8.26. The largest absolute Gasteiger partial charge is 0.493 e. The van der Waals surface area contributed by atoms with Crippen LogP contribution in [0.15, 0.2) is 17.0 Å². The Kier molecular flexibility index (Phi) is 6.37. The van der Waals surface area contributed by atoms with Crippen LogP contribution >= 0.6 is 24.0 Å². The topological polar surface area (TPSA) is 85.3 Å². The van der Waals surface area contributed by atoms with E-state index in [1.807, 2.05) is 0 Å². The molecule has 1 aromatic carbocycles. The lowest BCUT2D eigenvalue weighted by atomic mass is 10.1. The number of carbonyl (C=O) groups is 2. The number of carboxylic acids is 1. The van der Waals surface area contributed by atoms with Crippen molar-refractivity contribution in [3.8, 4) is 17.2 Å². The molecule has 1 amide bonds. The molecule has 0 aliphatic carbocycles. The molecule has 1 saturated heterocycles. The molecule has 1 aromatic rings. The lowest BCUT2D eigenvalue weighted by Crippen LogP contribution is -2.33. The SMILES string of the molecule is COc1cc(/C=C2\SC(=S)N(CC(=O)O)C2=O)cc(OC)c1OC(F)F. The highest BCUT2D eigenvalue weighted by atomic mass is 32.2. The zero-order valence-electron chi connectivity index (χ0n) is 13.5. The molecule has 0 unspecified atom stereocenters. The summed E-state index contributed by atoms with van der Waals surface area (Å²) in [7, 11) is 2.53. The maximum atomic E-state index is 12.6. The molecule has 7 nitrogen and oxygen atoms in total. The van der Waals surface area contributed by atoms with E-state index in [0.29, 0.717) is 5.56 Å². The Bertz CT molecular complexity index is 758. The monoisotopic (exact) mass is 405 g/mol. The van der Waals surface area contributed by atoms with E-state index in [1.54, 1.807) is 0 Å². The molecule has 26 heavy (non-hydrogen) atoms. The smallest absolute Gasteiger partial charge is 0.387 e. The maximum Gasteiger partial charge on any atom is 0.387 e. The Morgan fingerprint density at radius 1 is 1.35 bits per heavy atom. The number of nitrogens with zero attached hydrogens (tertiary/aromatic N) is 1. The van der Waals surface area contributed by atoms with E-state index in [0.717, 1.165) is 16.7 Å². The number of hydrogen-bond donors (Lipinski definition) is 1. The lowest BCUT2D eigenvalue weighted by Gasteiger charge is -2.14. The average molecular weight is 405 g/mol. The summed E-state index contributed by atoms with van der Waals surface area (Å²) in [5, 5.41) is 8.83. The van der Waals surface area contributed by atoms with Gasteiger partial charge in [-0.1, -0.05) is 24.0 Å². The van der Waals surface area contributed by atoms with Crippen molar-refractivity contribution in [1.82, 2.24) is 4.90 Å². The Labute approximate surface area is 156 Å². The standard InChI is InChI=1S/C15H13F2NO6S2/c1-22-8-3-7(4-9(23-2)12(8)24-14(16)17)5-10-13(21)18(6-11(19)20)15(25)26-10/h3-5,14H,6H2,1-2H3,(H,19,20)/b10-5-. The third-order valence-electron chi connectivity index (χ3n) is 3.15. The first-order chi connectivity index (χ1) is 12.3. The van der Waals surface area contributed by atoms with Crippen LogP contribution in [-0.4, -0.2) is 53.6 Å². The fourth-order valence-corrected chi connectivity index (χ4v) is 3.37. The number of alkyl halides is 2. The van der Waals surface area contributed by atoms with E-state index in [-0.39, 0.29) is 26.5 Å². The molecule has 1 aliphatic rings. The van der Waals surface area contributed by atoms with Crippen LogP contribution in [0.5, 0.6) is 17.2 Å². The average Bonchev–Trinajstić information content (AvgIpc) is 2.82. The zero-order chi connectivity index (χ0) is 19.4. The van der Waals surface area contributed by atoms with E-state index in [4.69, 9.17) is 26.8 Å². The van der Waals surface area contributed by atoms with Crippen molar-refractivity contribution >= 4 is 46.3 Å². The van der Waals surface area contributed by atoms with Crippen molar-refractivity contribution in [3.63, 3.8) is 0 Å². The fraction of sp³-hybridized carbons (Fsp3) is 0.267. The Morgan fingerprint density at radius 3 is 2.38 bits per heavy atom. The van der Waals surface area contributed by atoms with E-state index < -0.39 is 25.0 Å². The van der Waals surface area contributed by atoms with Gasteiger partial charge in [0.15, 0.2) is 11.5 Å². The minimum absolute atomic E-state index is 0.0167. The van der Waals surface area contributed by atoms with Crippen LogP contribution in [0.3, 0.4) is 0 Å². The summed E-state index contributed by atoms with van der Waals surface area (Å²) in [6.07, 6.45) is 1.43. The van der Waals surface area contributed by atoms with E-state index in [9.17, 15) is 18.4 Å². The van der Waals surface area contributed by atoms with Gasteiger partial charge in [-0.25, -0.2) is 0 Å². The number of amides is 1. The summed E-state index contributed by atoms with van der Waals surface area (Å²) < 4.78 is 39.7. The summed E-state index contributed by atoms with van der Waals surface area (Å²) >= 11 is 5.94. The molecule has 2 rings (SSSR count). The van der Waals surface area contributed by atoms with Gasteiger partial charge in [-0.15, -0.1) is 0 Å². The molecule has 140 valence electrons. The molecule has 0 spiro atoms. The number of carboxylic acid groups (broad SMARTS) is 1. The molecule has 11 heteroatoms. The van der Waals surface area contributed by atoms with E-state index in [1.165, 1.54) is 32.4 Å². The molecule has 1 heterocycles. The van der Waals surface area contributed by atoms with Crippen LogP contribution in [0.4, 0.5) is 8.78 Å². The third-order valence-corrected chi connectivity index (χ3v) is 4.53. The van der Waals surface area contributed by atoms with Gasteiger partial charge in [0.05, 0.1) is 19.1 Å². The zero-order valence-corrected chi connectivity index (χ0v) is 15.2. The van der Waals surface area contributed by atoms with Crippen molar-refractivity contribution in [2.45, 2.75) is 6.61 Å². The van der Waals surface area contributed by atoms with Crippen molar-refractivity contribution < 1.29 is 37.7 Å². The Morgan fingerprint density at radius 2 is 1.92 bits per heavy atom. The summed E-state index contributed by atoms with van der Waals surface area (Å²) in [5.41, 5.74) is 0.399. The first-order valence-corrected chi connectivity index (χ1v) is 8.17. The quantitative estimate of drug-likeness (QED) is 0.547. The van der Waals surface area contributed by atoms with Crippen molar-refractivity contribution in [2.24, 2.45) is 0 Å². The van der Waals surface area contributed by atoms with Crippen LogP contribution in [0.2, 0.25) is 0 Å². The minimum Gasteiger partial charge on any atom is -0.493 e. The van der Waals surface area contributed by atoms with Crippen LogP contribution in [0, 0.1) is 0 Å². The summed E-state index contributed by atoms with van der Waals surface area (Å²) in [6, 6.07) is 2.76. The number of carbonyl (C=O) groups excluding carboxylic acids is 1. The predicted molar refractivity (Wildman–Crippen MR) is 93.7 cm³/mol. The number of halogens is 2. The number of methoxy groups -OCH3 is 2. The van der Waals surface area contributed by atoms with Gasteiger partial charge in [-0.3, -0.25) is 14.5 Å². The molecule has 1 N–H and O–H groups in total. The second-order valence-electron chi connectivity index (χ2n) is 4.79. The van der Waals surface area contributed by atoms with Gasteiger partial charge in [0.2, 0.25) is 5.75 Å². The molecule has 1 fully saturated rings. The summed E-state index contributed by atoms with van der Waals surface area (Å²) in [5.74, 6) is -2.07. The van der Waals surface area contributed by atoms with Gasteiger partial charge in [-0.05, 0) is 23.8 Å². The third kappa shape index (κ3) is 4.41. The van der Waals surface area contributed by atoms with Gasteiger partial charge >= 0.3 is 12.6 Å². The molecule has 0 aromatic heterocycles. The molecule has 0 bridgehead atoms. The fourth-order valence-electron chi connectivity index (χ4n) is 2.11. The van der Waals surface area contributed by atoms with Gasteiger partial charge in [-0.2, -0.15) is 8.78 Å². The lowest BCUT2D eigenvalue weighted by molar-refractivity contribution is -0.140. The van der Waals surface area contributed by atoms with Gasteiger partial charge in [0.25, 0.3) is 5.91 Å². The number of thioether (sulfide) groups is 1. The highest BCUT2D eigenvalue weighted by Gasteiger charge is 2.33. The van der Waals surface area contributed by atoms with Crippen molar-refractivity contribution in [2.75, 3.05) is 20.8 Å². The number of ether oxygens (including phenoxy) is 3. The maximum absolute atomic E-state index is 12.6. The van der Waals surface area contributed by atoms with E-state index >= 15 is 0 Å². The first kappa shape index (κ1) is 19.9. The number of hydrogen-bond acceptors (Lipinski definition) is 7. The number of rotatable bonds is 7. The second kappa shape index (κ2) is 8.32. The van der Waals surface area contributed by atoms with Crippen LogP contribution < -0.4 is 14.2 Å².